The van der Waals surface area contributed by atoms with Crippen molar-refractivity contribution in [2.45, 2.75) is 52.1 Å². The van der Waals surface area contributed by atoms with Crippen LogP contribution in [0, 0.1) is 0 Å². The Balaban J connectivity index is 1.75. The lowest BCUT2D eigenvalue weighted by Gasteiger charge is -2.23. The van der Waals surface area contributed by atoms with Crippen molar-refractivity contribution in [1.29, 1.82) is 0 Å². The number of nitrogens with zero attached hydrogens (tertiary/aromatic N) is 3. The zero-order chi connectivity index (χ0) is 21.3. The molecule has 3 aromatic rings. The van der Waals surface area contributed by atoms with E-state index in [1.54, 1.807) is 25.6 Å². The highest BCUT2D eigenvalue weighted by molar-refractivity contribution is 7.18. The first-order valence-corrected chi connectivity index (χ1v) is 11.4. The van der Waals surface area contributed by atoms with E-state index in [4.69, 9.17) is 14.5 Å². The molecule has 0 radical (unpaired) electrons. The molecule has 0 spiro atoms. The van der Waals surface area contributed by atoms with Gasteiger partial charge in [-0.25, -0.2) is 4.98 Å². The van der Waals surface area contributed by atoms with Crippen LogP contribution in [0.2, 0.25) is 0 Å². The molecule has 0 bridgehead atoms. The second-order valence-electron chi connectivity index (χ2n) is 7.81. The fourth-order valence-corrected chi connectivity index (χ4v) is 5.51. The summed E-state index contributed by atoms with van der Waals surface area (Å²) in [4.78, 5) is 22.7. The van der Waals surface area contributed by atoms with Gasteiger partial charge in [-0.15, -0.1) is 11.3 Å². The highest BCUT2D eigenvalue weighted by Gasteiger charge is 2.23. The number of rotatable bonds is 7. The van der Waals surface area contributed by atoms with Gasteiger partial charge < -0.3 is 14.4 Å². The molecule has 0 aliphatic heterocycles. The maximum absolute atomic E-state index is 13.5. The number of hydrogen-bond donors (Lipinski definition) is 0. The van der Waals surface area contributed by atoms with Gasteiger partial charge in [-0.2, -0.15) is 0 Å². The fraction of sp³-hybridized carbons (Fsp3) is 0.478. The van der Waals surface area contributed by atoms with E-state index in [0.717, 1.165) is 47.4 Å². The van der Waals surface area contributed by atoms with E-state index < -0.39 is 0 Å². The summed E-state index contributed by atoms with van der Waals surface area (Å²) >= 11 is 1.70. The topological polar surface area (TPSA) is 56.6 Å². The van der Waals surface area contributed by atoms with Crippen LogP contribution in [0.25, 0.3) is 10.2 Å². The zero-order valence-electron chi connectivity index (χ0n) is 18.2. The number of benzene rings is 1. The van der Waals surface area contributed by atoms with Crippen LogP contribution in [-0.2, 0) is 25.9 Å². The highest BCUT2D eigenvalue weighted by atomic mass is 32.1. The minimum Gasteiger partial charge on any atom is -0.493 e. The molecule has 0 N–H and O–H groups in total. The van der Waals surface area contributed by atoms with Crippen molar-refractivity contribution in [2.75, 3.05) is 26.2 Å². The minimum absolute atomic E-state index is 0.107. The van der Waals surface area contributed by atoms with Crippen LogP contribution in [0.4, 0.5) is 5.95 Å². The third-order valence-corrected chi connectivity index (χ3v) is 6.90. The second-order valence-corrected chi connectivity index (χ2v) is 8.89. The Morgan fingerprint density at radius 1 is 1.17 bits per heavy atom. The number of thiophene rings is 1. The van der Waals surface area contributed by atoms with Crippen molar-refractivity contribution in [3.63, 3.8) is 0 Å². The molecule has 0 fully saturated rings. The Labute approximate surface area is 181 Å². The standard InChI is InChI=1S/C23H29N3O3S/c1-5-12-26-22(27)20-16-8-6-7-9-19(16)30-21(20)24-23(26)25(2)14-15-10-11-17(28-3)18(13-15)29-4/h10-11,13H,5-9,12,14H2,1-4H3. The fourth-order valence-electron chi connectivity index (χ4n) is 4.27. The molecule has 160 valence electrons. The number of methoxy groups -OCH3 is 2. The molecule has 0 atom stereocenters. The van der Waals surface area contributed by atoms with E-state index in [0.29, 0.717) is 24.6 Å². The molecule has 2 aromatic heterocycles. The molecule has 1 aromatic carbocycles. The highest BCUT2D eigenvalue weighted by Crippen LogP contribution is 2.35. The molecule has 7 heteroatoms. The molecule has 0 saturated heterocycles. The molecular weight excluding hydrogens is 398 g/mol. The summed E-state index contributed by atoms with van der Waals surface area (Å²) in [5, 5.41) is 0.853. The van der Waals surface area contributed by atoms with Crippen molar-refractivity contribution >= 4 is 27.5 Å². The molecule has 1 aliphatic carbocycles. The number of ether oxygens (including phenoxy) is 2. The predicted octanol–water partition coefficient (Wildman–Crippen LogP) is 4.40. The van der Waals surface area contributed by atoms with E-state index in [-0.39, 0.29) is 5.56 Å². The van der Waals surface area contributed by atoms with E-state index in [2.05, 4.69) is 11.8 Å². The Morgan fingerprint density at radius 2 is 1.93 bits per heavy atom. The van der Waals surface area contributed by atoms with Crippen molar-refractivity contribution < 1.29 is 9.47 Å². The maximum atomic E-state index is 13.5. The van der Waals surface area contributed by atoms with Crippen LogP contribution in [-0.4, -0.2) is 30.8 Å². The van der Waals surface area contributed by atoms with Crippen LogP contribution in [0.5, 0.6) is 11.5 Å². The summed E-state index contributed by atoms with van der Waals surface area (Å²) in [7, 11) is 5.26. The van der Waals surface area contributed by atoms with Gasteiger partial charge in [-0.3, -0.25) is 9.36 Å². The summed E-state index contributed by atoms with van der Waals surface area (Å²) in [5.41, 5.74) is 2.42. The van der Waals surface area contributed by atoms with Gasteiger partial charge in [-0.05, 0) is 55.4 Å². The number of aryl methyl sites for hydroxylation is 2. The summed E-state index contributed by atoms with van der Waals surface area (Å²) in [6, 6.07) is 5.90. The second kappa shape index (κ2) is 8.68. The van der Waals surface area contributed by atoms with Gasteiger partial charge in [0.05, 0.1) is 19.6 Å². The van der Waals surface area contributed by atoms with Gasteiger partial charge in [0.1, 0.15) is 4.83 Å². The summed E-state index contributed by atoms with van der Waals surface area (Å²) in [6.07, 6.45) is 5.32. The lowest BCUT2D eigenvalue weighted by molar-refractivity contribution is 0.354. The molecule has 0 amide bonds. The summed E-state index contributed by atoms with van der Waals surface area (Å²) in [5.74, 6) is 2.13. The lowest BCUT2D eigenvalue weighted by atomic mass is 9.97. The quantitative estimate of drug-likeness (QED) is 0.559. The third kappa shape index (κ3) is 3.67. The van der Waals surface area contributed by atoms with Crippen molar-refractivity contribution in [3.8, 4) is 11.5 Å². The largest absolute Gasteiger partial charge is 0.493 e. The Morgan fingerprint density at radius 3 is 2.67 bits per heavy atom. The molecular formula is C23H29N3O3S. The SMILES string of the molecule is CCCn1c(N(C)Cc2ccc(OC)c(OC)c2)nc2sc3c(c2c1=O)CCCC3. The van der Waals surface area contributed by atoms with E-state index in [1.807, 2.05) is 29.8 Å². The van der Waals surface area contributed by atoms with Crippen molar-refractivity contribution in [1.82, 2.24) is 9.55 Å². The van der Waals surface area contributed by atoms with Crippen molar-refractivity contribution in [3.05, 3.63) is 44.6 Å². The minimum atomic E-state index is 0.107. The summed E-state index contributed by atoms with van der Waals surface area (Å²) in [6.45, 7) is 3.38. The van der Waals surface area contributed by atoms with E-state index >= 15 is 0 Å². The van der Waals surface area contributed by atoms with E-state index in [1.165, 1.54) is 16.9 Å². The third-order valence-electron chi connectivity index (χ3n) is 5.71. The van der Waals surface area contributed by atoms with Gasteiger partial charge in [-0.1, -0.05) is 13.0 Å². The predicted molar refractivity (Wildman–Crippen MR) is 122 cm³/mol. The Kier molecular flexibility index (Phi) is 5.99. The number of fused-ring (bicyclic) bond motifs is 3. The van der Waals surface area contributed by atoms with Gasteiger partial charge in [0, 0.05) is 25.0 Å². The first-order valence-electron chi connectivity index (χ1n) is 10.5. The number of anilines is 1. The van der Waals surface area contributed by atoms with Crippen LogP contribution < -0.4 is 19.9 Å². The molecule has 30 heavy (non-hydrogen) atoms. The smallest absolute Gasteiger partial charge is 0.263 e. The number of hydrogen-bond acceptors (Lipinski definition) is 6. The van der Waals surface area contributed by atoms with Gasteiger partial charge in [0.25, 0.3) is 5.56 Å². The zero-order valence-corrected chi connectivity index (χ0v) is 19.0. The van der Waals surface area contributed by atoms with Gasteiger partial charge >= 0.3 is 0 Å². The molecule has 6 nitrogen and oxygen atoms in total. The first-order chi connectivity index (χ1) is 14.6. The molecule has 1 aliphatic rings. The Hall–Kier alpha value is -2.54. The molecule has 0 unspecified atom stereocenters. The van der Waals surface area contributed by atoms with Crippen molar-refractivity contribution in [2.24, 2.45) is 0 Å². The van der Waals surface area contributed by atoms with Gasteiger partial charge in [0.15, 0.2) is 11.5 Å². The Bertz CT molecular complexity index is 1120. The first kappa shape index (κ1) is 20.7. The van der Waals surface area contributed by atoms with Crippen LogP contribution in [0.1, 0.15) is 42.2 Å². The average Bonchev–Trinajstić information content (AvgIpc) is 3.14. The van der Waals surface area contributed by atoms with E-state index in [9.17, 15) is 4.79 Å². The monoisotopic (exact) mass is 427 g/mol. The lowest BCUT2D eigenvalue weighted by Crippen LogP contribution is -2.30. The van der Waals surface area contributed by atoms with Crippen LogP contribution in [0.15, 0.2) is 23.0 Å². The number of aromatic nitrogens is 2. The summed E-state index contributed by atoms with van der Waals surface area (Å²) < 4.78 is 12.6. The average molecular weight is 428 g/mol. The van der Waals surface area contributed by atoms with Crippen LogP contribution in [0.3, 0.4) is 0 Å². The van der Waals surface area contributed by atoms with Crippen LogP contribution >= 0.6 is 11.3 Å². The molecule has 4 rings (SSSR count). The molecule has 0 saturated carbocycles. The maximum Gasteiger partial charge on any atom is 0.263 e. The molecule has 2 heterocycles. The normalized spacial score (nSPS) is 13.3. The van der Waals surface area contributed by atoms with Gasteiger partial charge in [0.2, 0.25) is 5.95 Å².